The summed E-state index contributed by atoms with van der Waals surface area (Å²) in [6.07, 6.45) is 2.36. The van der Waals surface area contributed by atoms with Crippen LogP contribution >= 0.6 is 22.9 Å². The van der Waals surface area contributed by atoms with E-state index in [1.54, 1.807) is 11.3 Å². The molecular weight excluding hydrogens is 276 g/mol. The zero-order chi connectivity index (χ0) is 13.2. The molecule has 1 aromatic heterocycles. The molecule has 0 unspecified atom stereocenters. The number of alkyl halides is 1. The number of benzene rings is 1. The van der Waals surface area contributed by atoms with E-state index in [1.165, 1.54) is 35.3 Å². The maximum Gasteiger partial charge on any atom is 0.0907 e. The number of rotatable bonds is 4. The molecule has 1 fully saturated rings. The van der Waals surface area contributed by atoms with Gasteiger partial charge in [-0.2, -0.15) is 0 Å². The number of nitrogens with zero attached hydrogens (tertiary/aromatic N) is 2. The van der Waals surface area contributed by atoms with Crippen LogP contribution < -0.4 is 0 Å². The van der Waals surface area contributed by atoms with Crippen molar-refractivity contribution < 1.29 is 0 Å². The summed E-state index contributed by atoms with van der Waals surface area (Å²) >= 11 is 7.55. The van der Waals surface area contributed by atoms with Gasteiger partial charge in [-0.05, 0) is 56.5 Å². The predicted octanol–water partition coefficient (Wildman–Crippen LogP) is 4.02. The highest BCUT2D eigenvalue weighted by Crippen LogP contribution is 2.31. The van der Waals surface area contributed by atoms with Crippen LogP contribution in [0.4, 0.5) is 0 Å². The lowest BCUT2D eigenvalue weighted by molar-refractivity contribution is 0.336. The van der Waals surface area contributed by atoms with Gasteiger partial charge >= 0.3 is 0 Å². The third kappa shape index (κ3) is 2.93. The van der Waals surface area contributed by atoms with Gasteiger partial charge in [0, 0.05) is 12.4 Å². The molecule has 0 bridgehead atoms. The van der Waals surface area contributed by atoms with Gasteiger partial charge in [-0.25, -0.2) is 4.98 Å². The summed E-state index contributed by atoms with van der Waals surface area (Å²) in [5.41, 5.74) is 2.62. The number of aryl methyl sites for hydroxylation is 1. The summed E-state index contributed by atoms with van der Waals surface area (Å²) in [6, 6.07) is 6.81. The van der Waals surface area contributed by atoms with Gasteiger partial charge in [0.1, 0.15) is 0 Å². The van der Waals surface area contributed by atoms with E-state index in [9.17, 15) is 0 Å². The first-order chi connectivity index (χ1) is 9.26. The van der Waals surface area contributed by atoms with E-state index in [2.05, 4.69) is 35.0 Å². The largest absolute Gasteiger partial charge is 0.303 e. The molecule has 102 valence electrons. The first-order valence-corrected chi connectivity index (χ1v) is 8.27. The van der Waals surface area contributed by atoms with Crippen molar-refractivity contribution in [3.05, 3.63) is 28.8 Å². The molecular formula is C15H19ClN2S. The van der Waals surface area contributed by atoms with E-state index < -0.39 is 0 Å². The second-order valence-corrected chi connectivity index (χ2v) is 6.90. The minimum Gasteiger partial charge on any atom is -0.303 e. The van der Waals surface area contributed by atoms with Crippen molar-refractivity contribution in [3.8, 4) is 0 Å². The Bertz CT molecular complexity index is 566. The molecule has 3 rings (SSSR count). The molecule has 2 nitrogen and oxygen atoms in total. The summed E-state index contributed by atoms with van der Waals surface area (Å²) in [6.45, 7) is 5.59. The standard InChI is InChI=1S/C15H19ClN2S/c1-11-17-14-9-12(3-4-15(14)19-11)13-5-8-18(10-13)7-2-6-16/h3-4,9,13H,2,5-8,10H2,1H3/t13-/m1/s1. The molecule has 0 N–H and O–H groups in total. The van der Waals surface area contributed by atoms with Crippen molar-refractivity contribution in [2.75, 3.05) is 25.5 Å². The van der Waals surface area contributed by atoms with Gasteiger partial charge in [-0.3, -0.25) is 0 Å². The topological polar surface area (TPSA) is 16.1 Å². The number of hydrogen-bond donors (Lipinski definition) is 0. The molecule has 2 aromatic rings. The molecule has 1 aliphatic rings. The predicted molar refractivity (Wildman–Crippen MR) is 83.5 cm³/mol. The second-order valence-electron chi connectivity index (χ2n) is 5.29. The van der Waals surface area contributed by atoms with E-state index in [0.29, 0.717) is 5.92 Å². The van der Waals surface area contributed by atoms with E-state index in [4.69, 9.17) is 11.6 Å². The van der Waals surface area contributed by atoms with Gasteiger partial charge in [-0.15, -0.1) is 22.9 Å². The Morgan fingerprint density at radius 3 is 3.21 bits per heavy atom. The maximum atomic E-state index is 5.77. The number of thiazole rings is 1. The minimum atomic E-state index is 0.668. The number of aromatic nitrogens is 1. The van der Waals surface area contributed by atoms with Crippen LogP contribution in [0.2, 0.25) is 0 Å². The fraction of sp³-hybridized carbons (Fsp3) is 0.533. The van der Waals surface area contributed by atoms with Crippen molar-refractivity contribution in [2.24, 2.45) is 0 Å². The van der Waals surface area contributed by atoms with Crippen LogP contribution in [-0.4, -0.2) is 35.4 Å². The fourth-order valence-electron chi connectivity index (χ4n) is 2.90. The zero-order valence-corrected chi connectivity index (χ0v) is 12.8. The number of halogens is 1. The van der Waals surface area contributed by atoms with E-state index in [0.717, 1.165) is 23.9 Å². The molecule has 2 heterocycles. The maximum absolute atomic E-state index is 5.77. The molecule has 1 aromatic carbocycles. The highest BCUT2D eigenvalue weighted by molar-refractivity contribution is 7.18. The lowest BCUT2D eigenvalue weighted by atomic mass is 9.98. The first kappa shape index (κ1) is 13.3. The van der Waals surface area contributed by atoms with Crippen LogP contribution in [0.5, 0.6) is 0 Å². The van der Waals surface area contributed by atoms with Gasteiger partial charge in [-0.1, -0.05) is 6.07 Å². The average Bonchev–Trinajstić information content (AvgIpc) is 3.00. The fourth-order valence-corrected chi connectivity index (χ4v) is 3.83. The van der Waals surface area contributed by atoms with Gasteiger partial charge in [0.15, 0.2) is 0 Å². The van der Waals surface area contributed by atoms with E-state index in [-0.39, 0.29) is 0 Å². The van der Waals surface area contributed by atoms with Crippen LogP contribution in [-0.2, 0) is 0 Å². The Morgan fingerprint density at radius 1 is 1.47 bits per heavy atom. The third-order valence-corrected chi connectivity index (χ3v) is 5.09. The Morgan fingerprint density at radius 2 is 2.37 bits per heavy atom. The summed E-state index contributed by atoms with van der Waals surface area (Å²) < 4.78 is 1.30. The van der Waals surface area contributed by atoms with Crippen molar-refractivity contribution in [1.29, 1.82) is 0 Å². The molecule has 1 saturated heterocycles. The number of likely N-dealkylation sites (tertiary alicyclic amines) is 1. The average molecular weight is 295 g/mol. The molecule has 1 atom stereocenters. The number of fused-ring (bicyclic) bond motifs is 1. The smallest absolute Gasteiger partial charge is 0.0907 e. The van der Waals surface area contributed by atoms with Crippen molar-refractivity contribution in [1.82, 2.24) is 9.88 Å². The number of hydrogen-bond acceptors (Lipinski definition) is 3. The van der Waals surface area contributed by atoms with Gasteiger partial charge in [0.2, 0.25) is 0 Å². The molecule has 4 heteroatoms. The second kappa shape index (κ2) is 5.78. The molecule has 1 aliphatic heterocycles. The highest BCUT2D eigenvalue weighted by Gasteiger charge is 2.23. The van der Waals surface area contributed by atoms with Crippen molar-refractivity contribution in [3.63, 3.8) is 0 Å². The summed E-state index contributed by atoms with van der Waals surface area (Å²) in [7, 11) is 0. The van der Waals surface area contributed by atoms with E-state index >= 15 is 0 Å². The van der Waals surface area contributed by atoms with Crippen LogP contribution in [0.1, 0.15) is 29.3 Å². The molecule has 0 spiro atoms. The Labute approximate surface area is 123 Å². The molecule has 0 radical (unpaired) electrons. The normalized spacial score (nSPS) is 20.4. The highest BCUT2D eigenvalue weighted by atomic mass is 35.5. The van der Waals surface area contributed by atoms with E-state index in [1.807, 2.05) is 0 Å². The van der Waals surface area contributed by atoms with Crippen LogP contribution in [0, 0.1) is 6.92 Å². The van der Waals surface area contributed by atoms with Crippen molar-refractivity contribution in [2.45, 2.75) is 25.7 Å². The molecule has 0 aliphatic carbocycles. The van der Waals surface area contributed by atoms with Crippen LogP contribution in [0.15, 0.2) is 18.2 Å². The third-order valence-electron chi connectivity index (χ3n) is 3.87. The SMILES string of the molecule is Cc1nc2cc([C@@H]3CCN(CCCCl)C3)ccc2s1. The molecule has 0 saturated carbocycles. The lowest BCUT2D eigenvalue weighted by Crippen LogP contribution is -2.21. The summed E-state index contributed by atoms with van der Waals surface area (Å²) in [5.74, 6) is 1.44. The van der Waals surface area contributed by atoms with Crippen molar-refractivity contribution >= 4 is 33.2 Å². The Kier molecular flexibility index (Phi) is 4.06. The summed E-state index contributed by atoms with van der Waals surface area (Å²) in [4.78, 5) is 7.13. The zero-order valence-electron chi connectivity index (χ0n) is 11.2. The van der Waals surface area contributed by atoms with Gasteiger partial charge in [0.05, 0.1) is 15.2 Å². The quantitative estimate of drug-likeness (QED) is 0.792. The first-order valence-electron chi connectivity index (χ1n) is 6.91. The summed E-state index contributed by atoms with van der Waals surface area (Å²) in [5, 5.41) is 1.15. The minimum absolute atomic E-state index is 0.668. The molecule has 19 heavy (non-hydrogen) atoms. The van der Waals surface area contributed by atoms with Gasteiger partial charge in [0.25, 0.3) is 0 Å². The van der Waals surface area contributed by atoms with Gasteiger partial charge < -0.3 is 4.90 Å². The molecule has 0 amide bonds. The monoisotopic (exact) mass is 294 g/mol. The lowest BCUT2D eigenvalue weighted by Gasteiger charge is -2.15. The van der Waals surface area contributed by atoms with Crippen LogP contribution in [0.25, 0.3) is 10.2 Å². The van der Waals surface area contributed by atoms with Crippen LogP contribution in [0.3, 0.4) is 0 Å². The Balaban J connectivity index is 1.74. The Hall–Kier alpha value is -0.640.